The number of fused-ring (bicyclic) bond motifs is 1. The minimum Gasteiger partial charge on any atom is -0.437 e. The fraction of sp³-hybridized carbons (Fsp3) is 0.462. The van der Waals surface area contributed by atoms with Crippen molar-refractivity contribution in [1.82, 2.24) is 4.98 Å². The van der Waals surface area contributed by atoms with Crippen molar-refractivity contribution >= 4 is 22.7 Å². The number of para-hydroxylation sites is 1. The van der Waals surface area contributed by atoms with Crippen LogP contribution < -0.4 is 5.73 Å². The Morgan fingerprint density at radius 2 is 2.00 bits per heavy atom. The quantitative estimate of drug-likeness (QED) is 0.841. The van der Waals surface area contributed by atoms with E-state index in [2.05, 4.69) is 4.98 Å². The highest BCUT2D eigenvalue weighted by molar-refractivity contribution is 6.34. The zero-order valence-electron chi connectivity index (χ0n) is 9.58. The molecule has 3 nitrogen and oxygen atoms in total. The van der Waals surface area contributed by atoms with Gasteiger partial charge in [0.05, 0.1) is 10.6 Å². The number of oxazole rings is 1. The third-order valence-electron chi connectivity index (χ3n) is 3.54. The highest BCUT2D eigenvalue weighted by Crippen LogP contribution is 2.36. The van der Waals surface area contributed by atoms with Gasteiger partial charge in [-0.15, -0.1) is 0 Å². The second kappa shape index (κ2) is 4.00. The maximum atomic E-state index is 6.39. The van der Waals surface area contributed by atoms with E-state index < -0.39 is 5.54 Å². The summed E-state index contributed by atoms with van der Waals surface area (Å²) in [6.45, 7) is 0. The molecule has 1 aromatic carbocycles. The van der Waals surface area contributed by atoms with Crippen molar-refractivity contribution in [3.05, 3.63) is 29.1 Å². The Morgan fingerprint density at radius 1 is 1.24 bits per heavy atom. The van der Waals surface area contributed by atoms with Gasteiger partial charge < -0.3 is 10.2 Å². The highest BCUT2D eigenvalue weighted by Gasteiger charge is 2.34. The van der Waals surface area contributed by atoms with E-state index >= 15 is 0 Å². The third kappa shape index (κ3) is 1.83. The number of rotatable bonds is 1. The molecule has 0 bridgehead atoms. The molecular weight excluding hydrogens is 236 g/mol. The molecule has 0 spiro atoms. The van der Waals surface area contributed by atoms with Crippen molar-refractivity contribution < 1.29 is 4.42 Å². The smallest absolute Gasteiger partial charge is 0.215 e. The fourth-order valence-corrected chi connectivity index (χ4v) is 2.73. The lowest BCUT2D eigenvalue weighted by atomic mass is 9.82. The number of benzene rings is 1. The average Bonchev–Trinajstić information content (AvgIpc) is 2.76. The SMILES string of the molecule is NC1(c2nc3cccc(Cl)c3o2)CCCCC1. The molecule has 0 radical (unpaired) electrons. The molecule has 1 saturated carbocycles. The van der Waals surface area contributed by atoms with E-state index in [9.17, 15) is 0 Å². The Kier molecular flexibility index (Phi) is 2.60. The predicted molar refractivity (Wildman–Crippen MR) is 68.0 cm³/mol. The molecule has 2 N–H and O–H groups in total. The first kappa shape index (κ1) is 11.1. The van der Waals surface area contributed by atoms with Crippen LogP contribution in [0.4, 0.5) is 0 Å². The molecular formula is C13H15ClN2O. The Hall–Kier alpha value is -1.06. The monoisotopic (exact) mass is 250 g/mol. The summed E-state index contributed by atoms with van der Waals surface area (Å²) in [6, 6.07) is 5.59. The van der Waals surface area contributed by atoms with Crippen LogP contribution in [0.2, 0.25) is 5.02 Å². The number of aromatic nitrogens is 1. The van der Waals surface area contributed by atoms with Crippen molar-refractivity contribution in [3.8, 4) is 0 Å². The van der Waals surface area contributed by atoms with Crippen molar-refractivity contribution in [2.45, 2.75) is 37.6 Å². The predicted octanol–water partition coefficient (Wildman–Crippen LogP) is 3.60. The van der Waals surface area contributed by atoms with Gasteiger partial charge in [0.2, 0.25) is 5.89 Å². The van der Waals surface area contributed by atoms with Crippen LogP contribution >= 0.6 is 11.6 Å². The first-order valence-corrected chi connectivity index (χ1v) is 6.41. The standard InChI is InChI=1S/C13H15ClN2O/c14-9-5-4-6-10-11(9)17-12(16-10)13(15)7-2-1-3-8-13/h4-6H,1-3,7-8,15H2. The maximum absolute atomic E-state index is 6.39. The second-order valence-electron chi connectivity index (χ2n) is 4.82. The molecule has 1 fully saturated rings. The van der Waals surface area contributed by atoms with E-state index in [1.165, 1.54) is 6.42 Å². The molecule has 3 rings (SSSR count). The van der Waals surface area contributed by atoms with Crippen LogP contribution in [0.3, 0.4) is 0 Å². The van der Waals surface area contributed by atoms with Gasteiger partial charge in [-0.05, 0) is 25.0 Å². The minimum absolute atomic E-state index is 0.402. The van der Waals surface area contributed by atoms with Gasteiger partial charge in [0.15, 0.2) is 5.58 Å². The Morgan fingerprint density at radius 3 is 2.71 bits per heavy atom. The summed E-state index contributed by atoms with van der Waals surface area (Å²) in [5, 5.41) is 0.598. The van der Waals surface area contributed by atoms with E-state index in [4.69, 9.17) is 21.8 Å². The number of hydrogen-bond acceptors (Lipinski definition) is 3. The number of halogens is 1. The summed E-state index contributed by atoms with van der Waals surface area (Å²) in [5.41, 5.74) is 7.44. The first-order valence-electron chi connectivity index (χ1n) is 6.03. The molecule has 0 unspecified atom stereocenters. The van der Waals surface area contributed by atoms with Gasteiger partial charge in [-0.25, -0.2) is 4.98 Å². The van der Waals surface area contributed by atoms with Crippen LogP contribution in [-0.2, 0) is 5.54 Å². The van der Waals surface area contributed by atoms with Gasteiger partial charge in [-0.3, -0.25) is 0 Å². The molecule has 2 aromatic rings. The van der Waals surface area contributed by atoms with Gasteiger partial charge in [-0.1, -0.05) is 36.9 Å². The molecule has 17 heavy (non-hydrogen) atoms. The maximum Gasteiger partial charge on any atom is 0.215 e. The summed E-state index contributed by atoms with van der Waals surface area (Å²) in [6.07, 6.45) is 5.42. The molecule has 4 heteroatoms. The van der Waals surface area contributed by atoms with Gasteiger partial charge in [0, 0.05) is 0 Å². The molecule has 1 aromatic heterocycles. The van der Waals surface area contributed by atoms with E-state index in [1.54, 1.807) is 0 Å². The number of nitrogens with two attached hydrogens (primary N) is 1. The number of hydrogen-bond donors (Lipinski definition) is 1. The molecule has 0 atom stereocenters. The highest BCUT2D eigenvalue weighted by atomic mass is 35.5. The van der Waals surface area contributed by atoms with Gasteiger partial charge >= 0.3 is 0 Å². The second-order valence-corrected chi connectivity index (χ2v) is 5.23. The zero-order valence-corrected chi connectivity index (χ0v) is 10.3. The van der Waals surface area contributed by atoms with Crippen LogP contribution in [0.15, 0.2) is 22.6 Å². The first-order chi connectivity index (χ1) is 8.19. The van der Waals surface area contributed by atoms with E-state index in [1.807, 2.05) is 18.2 Å². The summed E-state index contributed by atoms with van der Waals surface area (Å²) in [5.74, 6) is 0.639. The zero-order chi connectivity index (χ0) is 11.9. The van der Waals surface area contributed by atoms with Crippen molar-refractivity contribution in [2.24, 2.45) is 5.73 Å². The summed E-state index contributed by atoms with van der Waals surface area (Å²) >= 11 is 6.08. The van der Waals surface area contributed by atoms with Gasteiger partial charge in [-0.2, -0.15) is 0 Å². The minimum atomic E-state index is -0.402. The van der Waals surface area contributed by atoms with Crippen molar-refractivity contribution in [3.63, 3.8) is 0 Å². The molecule has 1 heterocycles. The van der Waals surface area contributed by atoms with Crippen LogP contribution in [0.1, 0.15) is 38.0 Å². The van der Waals surface area contributed by atoms with E-state index in [-0.39, 0.29) is 0 Å². The molecule has 0 aliphatic heterocycles. The largest absolute Gasteiger partial charge is 0.437 e. The third-order valence-corrected chi connectivity index (χ3v) is 3.84. The average molecular weight is 251 g/mol. The Bertz CT molecular complexity index is 543. The fourth-order valence-electron chi connectivity index (χ4n) is 2.52. The Labute approximate surface area is 105 Å². The van der Waals surface area contributed by atoms with Crippen LogP contribution in [0, 0.1) is 0 Å². The molecule has 90 valence electrons. The molecule has 1 aliphatic rings. The summed E-state index contributed by atoms with van der Waals surface area (Å²) < 4.78 is 5.77. The number of nitrogens with zero attached hydrogens (tertiary/aromatic N) is 1. The van der Waals surface area contributed by atoms with Gasteiger partial charge in [0.1, 0.15) is 5.52 Å². The lowest BCUT2D eigenvalue weighted by Gasteiger charge is -2.29. The lowest BCUT2D eigenvalue weighted by molar-refractivity contribution is 0.248. The van der Waals surface area contributed by atoms with Crippen LogP contribution in [0.25, 0.3) is 11.1 Å². The molecule has 0 amide bonds. The van der Waals surface area contributed by atoms with Crippen molar-refractivity contribution in [1.29, 1.82) is 0 Å². The lowest BCUT2D eigenvalue weighted by Crippen LogP contribution is -2.38. The van der Waals surface area contributed by atoms with Gasteiger partial charge in [0.25, 0.3) is 0 Å². The summed E-state index contributed by atoms with van der Waals surface area (Å²) in [4.78, 5) is 4.49. The molecule has 0 saturated heterocycles. The topological polar surface area (TPSA) is 52.0 Å². The Balaban J connectivity index is 2.08. The van der Waals surface area contributed by atoms with Crippen molar-refractivity contribution in [2.75, 3.05) is 0 Å². The van der Waals surface area contributed by atoms with E-state index in [0.29, 0.717) is 16.5 Å². The molecule has 1 aliphatic carbocycles. The summed E-state index contributed by atoms with van der Waals surface area (Å²) in [7, 11) is 0. The van der Waals surface area contributed by atoms with Crippen LogP contribution in [0.5, 0.6) is 0 Å². The normalized spacial score (nSPS) is 19.6. The van der Waals surface area contributed by atoms with Crippen LogP contribution in [-0.4, -0.2) is 4.98 Å². The van der Waals surface area contributed by atoms with E-state index in [0.717, 1.165) is 31.2 Å².